The highest BCUT2D eigenvalue weighted by Gasteiger charge is 2.40. The molecule has 3 rings (SSSR count). The molecule has 0 bridgehead atoms. The monoisotopic (exact) mass is 346 g/mol. The smallest absolute Gasteiger partial charge is 0.305 e. The van der Waals surface area contributed by atoms with Crippen molar-refractivity contribution in [2.24, 2.45) is 0 Å². The van der Waals surface area contributed by atoms with Crippen LogP contribution in [-0.2, 0) is 16.0 Å². The van der Waals surface area contributed by atoms with E-state index in [2.05, 4.69) is 16.4 Å². The Hall–Kier alpha value is -1.95. The lowest BCUT2D eigenvalue weighted by Gasteiger charge is -2.41. The number of aryl methyl sites for hydroxylation is 1. The molecule has 2 aromatic rings. The standard InChI is InChI=1S/C18H22N2O3S/c21-15(20-18(10-5-11-18)12-17(22)23)8-3-4-9-16-19-13-6-1-2-7-14(13)24-16/h1-2,6-7H,3-5,8-12H2,(H,20,21)(H,22,23). The van der Waals surface area contributed by atoms with E-state index in [9.17, 15) is 9.59 Å². The number of carboxylic acid groups (broad SMARTS) is 1. The topological polar surface area (TPSA) is 79.3 Å². The second kappa shape index (κ2) is 7.30. The number of carbonyl (C=O) groups is 2. The van der Waals surface area contributed by atoms with Crippen LogP contribution in [-0.4, -0.2) is 27.5 Å². The Balaban J connectivity index is 1.41. The zero-order chi connectivity index (χ0) is 17.0. The van der Waals surface area contributed by atoms with Crippen LogP contribution in [0.5, 0.6) is 0 Å². The third-order valence-electron chi connectivity index (χ3n) is 4.59. The maximum absolute atomic E-state index is 12.1. The molecular formula is C18H22N2O3S. The lowest BCUT2D eigenvalue weighted by atomic mass is 9.74. The second-order valence-electron chi connectivity index (χ2n) is 6.54. The fourth-order valence-corrected chi connectivity index (χ4v) is 4.20. The molecule has 1 aromatic heterocycles. The fourth-order valence-electron chi connectivity index (χ4n) is 3.19. The first-order valence-electron chi connectivity index (χ1n) is 8.44. The first kappa shape index (κ1) is 16.9. The molecule has 1 aliphatic carbocycles. The van der Waals surface area contributed by atoms with Gasteiger partial charge in [-0.2, -0.15) is 0 Å². The highest BCUT2D eigenvalue weighted by molar-refractivity contribution is 7.18. The van der Waals surface area contributed by atoms with Gasteiger partial charge < -0.3 is 10.4 Å². The first-order chi connectivity index (χ1) is 11.6. The number of thiazole rings is 1. The summed E-state index contributed by atoms with van der Waals surface area (Å²) in [5, 5.41) is 13.0. The SMILES string of the molecule is O=C(O)CC1(NC(=O)CCCCc2nc3ccccc3s2)CCC1. The summed E-state index contributed by atoms with van der Waals surface area (Å²) in [6.07, 6.45) is 5.62. The van der Waals surface area contributed by atoms with Crippen LogP contribution in [0, 0.1) is 0 Å². The van der Waals surface area contributed by atoms with Crippen molar-refractivity contribution in [2.75, 3.05) is 0 Å². The van der Waals surface area contributed by atoms with E-state index in [4.69, 9.17) is 5.11 Å². The Morgan fingerprint density at radius 3 is 2.71 bits per heavy atom. The van der Waals surface area contributed by atoms with Crippen molar-refractivity contribution < 1.29 is 14.7 Å². The van der Waals surface area contributed by atoms with E-state index in [0.717, 1.165) is 49.0 Å². The molecule has 6 heteroatoms. The highest BCUT2D eigenvalue weighted by Crippen LogP contribution is 2.35. The summed E-state index contributed by atoms with van der Waals surface area (Å²) < 4.78 is 1.20. The number of hydrogen-bond donors (Lipinski definition) is 2. The van der Waals surface area contributed by atoms with Crippen molar-refractivity contribution in [3.05, 3.63) is 29.3 Å². The highest BCUT2D eigenvalue weighted by atomic mass is 32.1. The summed E-state index contributed by atoms with van der Waals surface area (Å²) in [4.78, 5) is 27.6. The lowest BCUT2D eigenvalue weighted by Crippen LogP contribution is -2.54. The van der Waals surface area contributed by atoms with Crippen LogP contribution in [0.1, 0.15) is 50.0 Å². The summed E-state index contributed by atoms with van der Waals surface area (Å²) >= 11 is 1.71. The van der Waals surface area contributed by atoms with Crippen LogP contribution >= 0.6 is 11.3 Å². The number of aliphatic carboxylic acids is 1. The van der Waals surface area contributed by atoms with Crippen molar-refractivity contribution >= 4 is 33.4 Å². The molecule has 0 unspecified atom stereocenters. The average molecular weight is 346 g/mol. The number of carboxylic acids is 1. The van der Waals surface area contributed by atoms with Crippen LogP contribution in [0.25, 0.3) is 10.2 Å². The summed E-state index contributed by atoms with van der Waals surface area (Å²) in [6.45, 7) is 0. The van der Waals surface area contributed by atoms with E-state index in [1.807, 2.05) is 18.2 Å². The van der Waals surface area contributed by atoms with Gasteiger partial charge in [0.15, 0.2) is 0 Å². The summed E-state index contributed by atoms with van der Waals surface area (Å²) in [6, 6.07) is 8.10. The van der Waals surface area contributed by atoms with Crippen LogP contribution in [0.4, 0.5) is 0 Å². The van der Waals surface area contributed by atoms with Gasteiger partial charge in [-0.25, -0.2) is 4.98 Å². The third kappa shape index (κ3) is 4.12. The largest absolute Gasteiger partial charge is 0.481 e. The van der Waals surface area contributed by atoms with E-state index >= 15 is 0 Å². The number of amides is 1. The zero-order valence-electron chi connectivity index (χ0n) is 13.6. The van der Waals surface area contributed by atoms with E-state index in [1.165, 1.54) is 4.70 Å². The van der Waals surface area contributed by atoms with Gasteiger partial charge in [0.25, 0.3) is 0 Å². The van der Waals surface area contributed by atoms with Gasteiger partial charge in [-0.3, -0.25) is 9.59 Å². The first-order valence-corrected chi connectivity index (χ1v) is 9.25. The summed E-state index contributed by atoms with van der Waals surface area (Å²) in [5.41, 5.74) is 0.548. The number of aromatic nitrogens is 1. The van der Waals surface area contributed by atoms with Gasteiger partial charge in [0.2, 0.25) is 5.91 Å². The Labute approximate surface area is 145 Å². The number of unbranched alkanes of at least 4 members (excludes halogenated alkanes) is 1. The Kier molecular flexibility index (Phi) is 5.14. The van der Waals surface area contributed by atoms with Crippen molar-refractivity contribution in [3.63, 3.8) is 0 Å². The average Bonchev–Trinajstić information content (AvgIpc) is 2.91. The summed E-state index contributed by atoms with van der Waals surface area (Å²) in [5.74, 6) is -0.869. The molecular weight excluding hydrogens is 324 g/mol. The lowest BCUT2D eigenvalue weighted by molar-refractivity contribution is -0.140. The molecule has 128 valence electrons. The minimum atomic E-state index is -0.842. The van der Waals surface area contributed by atoms with Crippen LogP contribution in [0.3, 0.4) is 0 Å². The number of fused-ring (bicyclic) bond motifs is 1. The van der Waals surface area contributed by atoms with Crippen molar-refractivity contribution in [1.82, 2.24) is 10.3 Å². The maximum Gasteiger partial charge on any atom is 0.305 e. The molecule has 0 aliphatic heterocycles. The molecule has 2 N–H and O–H groups in total. The second-order valence-corrected chi connectivity index (χ2v) is 7.65. The molecule has 5 nitrogen and oxygen atoms in total. The molecule has 0 spiro atoms. The number of hydrogen-bond acceptors (Lipinski definition) is 4. The van der Waals surface area contributed by atoms with Gasteiger partial charge in [-0.1, -0.05) is 12.1 Å². The third-order valence-corrected chi connectivity index (χ3v) is 5.68. The van der Waals surface area contributed by atoms with E-state index < -0.39 is 11.5 Å². The Morgan fingerprint density at radius 2 is 2.04 bits per heavy atom. The van der Waals surface area contributed by atoms with Crippen LogP contribution in [0.15, 0.2) is 24.3 Å². The van der Waals surface area contributed by atoms with E-state index in [-0.39, 0.29) is 12.3 Å². The molecule has 1 saturated carbocycles. The normalized spacial score (nSPS) is 15.8. The quantitative estimate of drug-likeness (QED) is 0.717. The van der Waals surface area contributed by atoms with Crippen molar-refractivity contribution in [3.8, 4) is 0 Å². The van der Waals surface area contributed by atoms with Gasteiger partial charge in [0, 0.05) is 6.42 Å². The molecule has 0 atom stereocenters. The van der Waals surface area contributed by atoms with Gasteiger partial charge in [-0.05, 0) is 50.7 Å². The number of benzene rings is 1. The molecule has 1 heterocycles. The molecule has 1 aliphatic rings. The van der Waals surface area contributed by atoms with Gasteiger partial charge in [-0.15, -0.1) is 11.3 Å². The molecule has 1 amide bonds. The molecule has 0 radical (unpaired) electrons. The number of rotatable bonds is 8. The fraction of sp³-hybridized carbons (Fsp3) is 0.500. The minimum Gasteiger partial charge on any atom is -0.481 e. The number of nitrogens with one attached hydrogen (secondary N) is 1. The zero-order valence-corrected chi connectivity index (χ0v) is 14.4. The Bertz CT molecular complexity index is 704. The summed E-state index contributed by atoms with van der Waals surface area (Å²) in [7, 11) is 0. The van der Waals surface area contributed by atoms with Gasteiger partial charge in [0.05, 0.1) is 27.2 Å². The predicted octanol–water partition coefficient (Wildman–Crippen LogP) is 3.52. The van der Waals surface area contributed by atoms with Gasteiger partial charge >= 0.3 is 5.97 Å². The van der Waals surface area contributed by atoms with E-state index in [1.54, 1.807) is 11.3 Å². The molecule has 24 heavy (non-hydrogen) atoms. The Morgan fingerprint density at radius 1 is 1.25 bits per heavy atom. The minimum absolute atomic E-state index is 0.0275. The number of carbonyl (C=O) groups excluding carboxylic acids is 1. The van der Waals surface area contributed by atoms with Crippen LogP contribution < -0.4 is 5.32 Å². The van der Waals surface area contributed by atoms with Crippen LogP contribution in [0.2, 0.25) is 0 Å². The van der Waals surface area contributed by atoms with Gasteiger partial charge in [0.1, 0.15) is 0 Å². The van der Waals surface area contributed by atoms with Crippen molar-refractivity contribution in [1.29, 1.82) is 0 Å². The molecule has 1 aromatic carbocycles. The van der Waals surface area contributed by atoms with E-state index in [0.29, 0.717) is 6.42 Å². The number of nitrogens with zero attached hydrogens (tertiary/aromatic N) is 1. The molecule has 0 saturated heterocycles. The van der Waals surface area contributed by atoms with Crippen molar-refractivity contribution in [2.45, 2.75) is 56.9 Å². The predicted molar refractivity (Wildman–Crippen MR) is 94.2 cm³/mol. The molecule has 1 fully saturated rings. The number of para-hydroxylation sites is 1. The maximum atomic E-state index is 12.1.